The number of hydrogen-bond donors (Lipinski definition) is 2. The zero-order valence-corrected chi connectivity index (χ0v) is 18.7. The molecule has 0 bridgehead atoms. The van der Waals surface area contributed by atoms with E-state index in [1.165, 1.54) is 31.6 Å². The van der Waals surface area contributed by atoms with Gasteiger partial charge in [0.2, 0.25) is 0 Å². The summed E-state index contributed by atoms with van der Waals surface area (Å²) in [5.74, 6) is 3.18. The largest absolute Gasteiger partial charge is 0.497 e. The Labute approximate surface area is 177 Å². The van der Waals surface area contributed by atoms with E-state index in [0.29, 0.717) is 12.5 Å². The number of methoxy groups -OCH3 is 1. The first-order chi connectivity index (χ1) is 14.1. The molecule has 0 aliphatic carbocycles. The topological polar surface area (TPSA) is 58.1 Å². The zero-order valence-electron chi connectivity index (χ0n) is 18.7. The Morgan fingerprint density at radius 1 is 1.24 bits per heavy atom. The summed E-state index contributed by atoms with van der Waals surface area (Å²) in [5.41, 5.74) is 1.17. The number of nitrogens with zero attached hydrogens (tertiary/aromatic N) is 2. The maximum atomic E-state index is 5.43. The van der Waals surface area contributed by atoms with Gasteiger partial charge in [-0.2, -0.15) is 0 Å². The van der Waals surface area contributed by atoms with E-state index in [0.717, 1.165) is 50.4 Å². The molecule has 0 amide bonds. The van der Waals surface area contributed by atoms with Crippen LogP contribution in [0.25, 0.3) is 0 Å². The lowest BCUT2D eigenvalue weighted by molar-refractivity contribution is 0.145. The third-order valence-corrected chi connectivity index (χ3v) is 5.09. The molecule has 0 aromatic heterocycles. The quantitative estimate of drug-likeness (QED) is 0.318. The van der Waals surface area contributed by atoms with Crippen molar-refractivity contribution in [2.24, 2.45) is 16.8 Å². The standard InChI is InChI=1S/C23H40N4O2/c1-5-29-14-6-12-24-23(25-15-20-7-9-22(28-4)10-8-20)26-16-21-11-13-27(18-21)17-19(2)3/h7-10,19,21H,5-6,11-18H2,1-4H3,(H2,24,25,26). The first kappa shape index (κ1) is 23.5. The monoisotopic (exact) mass is 404 g/mol. The van der Waals surface area contributed by atoms with Crippen LogP contribution in [0.4, 0.5) is 0 Å². The molecule has 1 fully saturated rings. The summed E-state index contributed by atoms with van der Waals surface area (Å²) in [4.78, 5) is 7.38. The van der Waals surface area contributed by atoms with E-state index in [-0.39, 0.29) is 0 Å². The van der Waals surface area contributed by atoms with Crippen LogP contribution in [-0.2, 0) is 11.3 Å². The van der Waals surface area contributed by atoms with Crippen molar-refractivity contribution in [2.75, 3.05) is 53.0 Å². The van der Waals surface area contributed by atoms with E-state index in [1.54, 1.807) is 7.11 Å². The van der Waals surface area contributed by atoms with Crippen molar-refractivity contribution in [2.45, 2.75) is 40.2 Å². The van der Waals surface area contributed by atoms with Gasteiger partial charge in [-0.25, -0.2) is 4.99 Å². The number of ether oxygens (including phenoxy) is 2. The van der Waals surface area contributed by atoms with Gasteiger partial charge in [0.05, 0.1) is 13.7 Å². The number of nitrogens with one attached hydrogen (secondary N) is 2. The van der Waals surface area contributed by atoms with Crippen LogP contribution in [0.5, 0.6) is 5.75 Å². The molecule has 1 atom stereocenters. The number of benzene rings is 1. The van der Waals surface area contributed by atoms with Crippen molar-refractivity contribution in [3.05, 3.63) is 29.8 Å². The molecular weight excluding hydrogens is 364 g/mol. The van der Waals surface area contributed by atoms with Gasteiger partial charge in [0, 0.05) is 39.4 Å². The fourth-order valence-corrected chi connectivity index (χ4v) is 3.60. The predicted molar refractivity (Wildman–Crippen MR) is 121 cm³/mol. The summed E-state index contributed by atoms with van der Waals surface area (Å²) in [5, 5.41) is 7.03. The summed E-state index contributed by atoms with van der Waals surface area (Å²) in [6.45, 7) is 14.2. The number of aliphatic imine (C=N–C) groups is 1. The molecule has 29 heavy (non-hydrogen) atoms. The van der Waals surface area contributed by atoms with Crippen LogP contribution in [0.2, 0.25) is 0 Å². The van der Waals surface area contributed by atoms with Crippen molar-refractivity contribution >= 4 is 5.96 Å². The smallest absolute Gasteiger partial charge is 0.191 e. The highest BCUT2D eigenvalue weighted by Gasteiger charge is 2.22. The van der Waals surface area contributed by atoms with E-state index in [9.17, 15) is 0 Å². The van der Waals surface area contributed by atoms with Crippen LogP contribution in [-0.4, -0.2) is 63.9 Å². The van der Waals surface area contributed by atoms with Crippen LogP contribution in [0.3, 0.4) is 0 Å². The second-order valence-corrected chi connectivity index (χ2v) is 8.18. The minimum Gasteiger partial charge on any atom is -0.497 e. The average Bonchev–Trinajstić information content (AvgIpc) is 3.16. The van der Waals surface area contributed by atoms with Gasteiger partial charge >= 0.3 is 0 Å². The molecule has 6 nitrogen and oxygen atoms in total. The number of hydrogen-bond acceptors (Lipinski definition) is 4. The third-order valence-electron chi connectivity index (χ3n) is 5.09. The van der Waals surface area contributed by atoms with E-state index >= 15 is 0 Å². The fraction of sp³-hybridized carbons (Fsp3) is 0.696. The Morgan fingerprint density at radius 2 is 2.03 bits per heavy atom. The Hall–Kier alpha value is -1.79. The molecule has 1 heterocycles. The van der Waals surface area contributed by atoms with Gasteiger partial charge in [0.1, 0.15) is 5.75 Å². The molecule has 6 heteroatoms. The van der Waals surface area contributed by atoms with Crippen molar-refractivity contribution in [3.8, 4) is 5.75 Å². The molecule has 1 aliphatic heterocycles. The highest BCUT2D eigenvalue weighted by Crippen LogP contribution is 2.16. The number of guanidine groups is 1. The highest BCUT2D eigenvalue weighted by atomic mass is 16.5. The Morgan fingerprint density at radius 3 is 2.72 bits per heavy atom. The van der Waals surface area contributed by atoms with Gasteiger partial charge in [-0.3, -0.25) is 0 Å². The van der Waals surface area contributed by atoms with Gasteiger partial charge in [0.25, 0.3) is 0 Å². The summed E-state index contributed by atoms with van der Waals surface area (Å²) in [7, 11) is 1.69. The van der Waals surface area contributed by atoms with Crippen LogP contribution >= 0.6 is 0 Å². The van der Waals surface area contributed by atoms with E-state index in [4.69, 9.17) is 14.5 Å². The molecule has 0 saturated carbocycles. The average molecular weight is 405 g/mol. The van der Waals surface area contributed by atoms with Crippen LogP contribution in [0.15, 0.2) is 29.3 Å². The minimum absolute atomic E-state index is 0.648. The maximum Gasteiger partial charge on any atom is 0.191 e. The Balaban J connectivity index is 1.84. The van der Waals surface area contributed by atoms with Crippen molar-refractivity contribution in [3.63, 3.8) is 0 Å². The van der Waals surface area contributed by atoms with Crippen LogP contribution in [0, 0.1) is 11.8 Å². The van der Waals surface area contributed by atoms with Crippen molar-refractivity contribution in [1.29, 1.82) is 0 Å². The molecule has 2 N–H and O–H groups in total. The number of rotatable bonds is 12. The lowest BCUT2D eigenvalue weighted by Crippen LogP contribution is -2.41. The molecule has 1 aromatic carbocycles. The first-order valence-corrected chi connectivity index (χ1v) is 11.1. The van der Waals surface area contributed by atoms with Crippen molar-refractivity contribution in [1.82, 2.24) is 15.5 Å². The van der Waals surface area contributed by atoms with Gasteiger partial charge in [0.15, 0.2) is 5.96 Å². The zero-order chi connectivity index (χ0) is 20.9. The van der Waals surface area contributed by atoms with E-state index in [1.807, 2.05) is 19.1 Å². The van der Waals surface area contributed by atoms with Crippen LogP contribution < -0.4 is 15.4 Å². The molecule has 1 saturated heterocycles. The SMILES string of the molecule is CCOCCCNC(=NCc1ccc(OC)cc1)NCC1CCN(CC(C)C)C1. The highest BCUT2D eigenvalue weighted by molar-refractivity contribution is 5.79. The Kier molecular flexibility index (Phi) is 10.9. The van der Waals surface area contributed by atoms with Crippen LogP contribution in [0.1, 0.15) is 39.2 Å². The van der Waals surface area contributed by atoms with E-state index < -0.39 is 0 Å². The number of likely N-dealkylation sites (tertiary alicyclic amines) is 1. The second kappa shape index (κ2) is 13.4. The summed E-state index contributed by atoms with van der Waals surface area (Å²) >= 11 is 0. The predicted octanol–water partition coefficient (Wildman–Crippen LogP) is 3.13. The maximum absolute atomic E-state index is 5.43. The van der Waals surface area contributed by atoms with Gasteiger partial charge < -0.3 is 25.0 Å². The lowest BCUT2D eigenvalue weighted by Gasteiger charge is -2.19. The first-order valence-electron chi connectivity index (χ1n) is 11.1. The molecule has 0 spiro atoms. The summed E-state index contributed by atoms with van der Waals surface area (Å²) in [6, 6.07) is 8.09. The molecule has 0 radical (unpaired) electrons. The normalized spacial score (nSPS) is 17.7. The fourth-order valence-electron chi connectivity index (χ4n) is 3.60. The molecule has 1 aromatic rings. The van der Waals surface area contributed by atoms with Crippen molar-refractivity contribution < 1.29 is 9.47 Å². The second-order valence-electron chi connectivity index (χ2n) is 8.18. The molecular formula is C23H40N4O2. The molecule has 164 valence electrons. The van der Waals surface area contributed by atoms with E-state index in [2.05, 4.69) is 41.5 Å². The minimum atomic E-state index is 0.648. The molecule has 1 unspecified atom stereocenters. The van der Waals surface area contributed by atoms with Gasteiger partial charge in [-0.15, -0.1) is 0 Å². The van der Waals surface area contributed by atoms with Gasteiger partial charge in [-0.1, -0.05) is 26.0 Å². The van der Waals surface area contributed by atoms with Gasteiger partial charge in [-0.05, 0) is 55.8 Å². The molecule has 1 aliphatic rings. The summed E-state index contributed by atoms with van der Waals surface area (Å²) < 4.78 is 10.7. The third kappa shape index (κ3) is 9.50. The Bertz CT molecular complexity index is 589. The molecule has 2 rings (SSSR count). The lowest BCUT2D eigenvalue weighted by atomic mass is 10.1. The summed E-state index contributed by atoms with van der Waals surface area (Å²) in [6.07, 6.45) is 2.23.